The van der Waals surface area contributed by atoms with Crippen LogP contribution in [0.25, 0.3) is 11.3 Å². The first-order valence-electron chi connectivity index (χ1n) is 14.3. The molecule has 4 heterocycles. The van der Waals surface area contributed by atoms with E-state index in [-0.39, 0.29) is 41.1 Å². The summed E-state index contributed by atoms with van der Waals surface area (Å²) >= 11 is 1.24. The lowest BCUT2D eigenvalue weighted by atomic mass is 9.97. The van der Waals surface area contributed by atoms with Crippen LogP contribution < -0.4 is 4.90 Å². The molecule has 0 amide bonds. The second-order valence-corrected chi connectivity index (χ2v) is 12.5. The SMILES string of the molecule is Cc1c(F)cc(-c2nc(CC(=O)c3cnc(N4CCC(C(=O)O)CC4)cn3)sc2CN2CCCC[C@H]2C)cc1C(F)(F)F. The van der Waals surface area contributed by atoms with Gasteiger partial charge in [-0.15, -0.1) is 11.3 Å². The standard InChI is InChI=1S/C30H33F4N5O3S/c1-17-5-3-4-8-39(17)16-25-28(20-11-21(30(32,33)34)18(2)22(31)12-20)37-27(43-25)13-24(40)23-14-36-26(15-35-23)38-9-6-19(7-10-38)29(41)42/h11-12,14-15,17,19H,3-10,13,16H2,1-2H3,(H,41,42)/t17-/m1/s1. The monoisotopic (exact) mass is 619 g/mol. The number of hydrogen-bond donors (Lipinski definition) is 1. The van der Waals surface area contributed by atoms with E-state index in [9.17, 15) is 32.3 Å². The first kappa shape index (κ1) is 31.0. The molecule has 2 saturated heterocycles. The number of alkyl halides is 3. The minimum Gasteiger partial charge on any atom is -0.481 e. The van der Waals surface area contributed by atoms with Gasteiger partial charge in [0.2, 0.25) is 0 Å². The quantitative estimate of drug-likeness (QED) is 0.236. The van der Waals surface area contributed by atoms with Crippen LogP contribution in [0.15, 0.2) is 24.5 Å². The zero-order valence-electron chi connectivity index (χ0n) is 24.0. The minimum atomic E-state index is -4.73. The first-order valence-corrected chi connectivity index (χ1v) is 15.2. The number of carbonyl (C=O) groups excluding carboxylic acids is 1. The summed E-state index contributed by atoms with van der Waals surface area (Å²) < 4.78 is 55.9. The van der Waals surface area contributed by atoms with Crippen LogP contribution in [-0.4, -0.2) is 62.4 Å². The molecule has 1 N–H and O–H groups in total. The number of piperidine rings is 2. The molecule has 43 heavy (non-hydrogen) atoms. The molecule has 230 valence electrons. The highest BCUT2D eigenvalue weighted by Gasteiger charge is 2.35. The Morgan fingerprint density at radius 3 is 2.44 bits per heavy atom. The number of thiazole rings is 1. The zero-order chi connectivity index (χ0) is 30.9. The molecular weight excluding hydrogens is 586 g/mol. The van der Waals surface area contributed by atoms with Gasteiger partial charge >= 0.3 is 12.1 Å². The van der Waals surface area contributed by atoms with Crippen molar-refractivity contribution in [2.45, 2.75) is 71.1 Å². The van der Waals surface area contributed by atoms with Crippen molar-refractivity contribution in [1.29, 1.82) is 0 Å². The van der Waals surface area contributed by atoms with Crippen LogP contribution in [0.5, 0.6) is 0 Å². The Morgan fingerprint density at radius 1 is 1.07 bits per heavy atom. The van der Waals surface area contributed by atoms with Gasteiger partial charge in [0, 0.05) is 36.1 Å². The van der Waals surface area contributed by atoms with Crippen molar-refractivity contribution in [3.8, 4) is 11.3 Å². The molecule has 0 spiro atoms. The smallest absolute Gasteiger partial charge is 0.416 e. The molecule has 0 bridgehead atoms. The van der Waals surface area contributed by atoms with Gasteiger partial charge in [-0.25, -0.2) is 19.3 Å². The highest BCUT2D eigenvalue weighted by Crippen LogP contribution is 2.38. The van der Waals surface area contributed by atoms with E-state index in [1.165, 1.54) is 23.7 Å². The first-order chi connectivity index (χ1) is 20.4. The normalized spacial score (nSPS) is 18.7. The number of benzene rings is 1. The minimum absolute atomic E-state index is 0.0286. The second-order valence-electron chi connectivity index (χ2n) is 11.3. The number of likely N-dealkylation sites (tertiary alicyclic amines) is 1. The number of halogens is 4. The van der Waals surface area contributed by atoms with Crippen LogP contribution in [0.2, 0.25) is 0 Å². The van der Waals surface area contributed by atoms with E-state index >= 15 is 0 Å². The van der Waals surface area contributed by atoms with Gasteiger partial charge in [-0.3, -0.25) is 14.5 Å². The third-order valence-electron chi connectivity index (χ3n) is 8.36. The van der Waals surface area contributed by atoms with E-state index in [0.717, 1.165) is 44.9 Å². The molecule has 3 aromatic rings. The van der Waals surface area contributed by atoms with Crippen LogP contribution in [0, 0.1) is 18.7 Å². The fourth-order valence-electron chi connectivity index (χ4n) is 5.71. The number of hydrogen-bond acceptors (Lipinski definition) is 8. The molecule has 0 aliphatic carbocycles. The highest BCUT2D eigenvalue weighted by molar-refractivity contribution is 7.12. The largest absolute Gasteiger partial charge is 0.481 e. The van der Waals surface area contributed by atoms with Crippen molar-refractivity contribution in [2.24, 2.45) is 5.92 Å². The molecule has 1 atom stereocenters. The van der Waals surface area contributed by atoms with Gasteiger partial charge < -0.3 is 10.0 Å². The number of Topliss-reactive ketones (excluding diaryl/α,β-unsaturated/α-hetero) is 1. The predicted molar refractivity (Wildman–Crippen MR) is 154 cm³/mol. The third-order valence-corrected chi connectivity index (χ3v) is 9.40. The molecule has 0 unspecified atom stereocenters. The Hall–Kier alpha value is -3.45. The van der Waals surface area contributed by atoms with Crippen molar-refractivity contribution in [2.75, 3.05) is 24.5 Å². The topological polar surface area (TPSA) is 99.5 Å². The Morgan fingerprint density at radius 2 is 1.81 bits per heavy atom. The van der Waals surface area contributed by atoms with Crippen molar-refractivity contribution in [3.05, 3.63) is 57.0 Å². The summed E-state index contributed by atoms with van der Waals surface area (Å²) in [7, 11) is 0. The molecule has 0 saturated carbocycles. The molecule has 2 aliphatic rings. The van der Waals surface area contributed by atoms with Gasteiger partial charge in [-0.05, 0) is 63.8 Å². The predicted octanol–water partition coefficient (Wildman–Crippen LogP) is 6.17. The van der Waals surface area contributed by atoms with Gasteiger partial charge in [0.25, 0.3) is 0 Å². The van der Waals surface area contributed by atoms with Gasteiger partial charge in [0.15, 0.2) is 5.78 Å². The Labute approximate surface area is 250 Å². The molecule has 13 heteroatoms. The maximum atomic E-state index is 14.7. The van der Waals surface area contributed by atoms with Crippen LogP contribution in [-0.2, 0) is 23.9 Å². The fourth-order valence-corrected chi connectivity index (χ4v) is 6.82. The fraction of sp³-hybridized carbons (Fsp3) is 0.500. The van der Waals surface area contributed by atoms with Crippen molar-refractivity contribution in [3.63, 3.8) is 0 Å². The molecule has 5 rings (SSSR count). The van der Waals surface area contributed by atoms with Gasteiger partial charge in [0.05, 0.1) is 36.0 Å². The van der Waals surface area contributed by atoms with Gasteiger partial charge in [-0.1, -0.05) is 6.42 Å². The van der Waals surface area contributed by atoms with E-state index in [4.69, 9.17) is 0 Å². The van der Waals surface area contributed by atoms with Crippen molar-refractivity contribution < 1.29 is 32.3 Å². The average molecular weight is 620 g/mol. The maximum Gasteiger partial charge on any atom is 0.416 e. The number of carboxylic acids is 1. The lowest BCUT2D eigenvalue weighted by Gasteiger charge is -2.33. The van der Waals surface area contributed by atoms with E-state index in [0.29, 0.717) is 48.2 Å². The van der Waals surface area contributed by atoms with Crippen LogP contribution >= 0.6 is 11.3 Å². The highest BCUT2D eigenvalue weighted by atomic mass is 32.1. The zero-order valence-corrected chi connectivity index (χ0v) is 24.8. The number of nitrogens with zero attached hydrogens (tertiary/aromatic N) is 5. The number of carboxylic acid groups (broad SMARTS) is 1. The summed E-state index contributed by atoms with van der Waals surface area (Å²) in [4.78, 5) is 42.5. The summed E-state index contributed by atoms with van der Waals surface area (Å²) in [5, 5.41) is 9.60. The summed E-state index contributed by atoms with van der Waals surface area (Å²) in [6.45, 7) is 5.52. The number of anilines is 1. The maximum absolute atomic E-state index is 14.7. The molecule has 0 radical (unpaired) electrons. The van der Waals surface area contributed by atoms with Crippen LogP contribution in [0.4, 0.5) is 23.4 Å². The lowest BCUT2D eigenvalue weighted by Crippen LogP contribution is -2.36. The van der Waals surface area contributed by atoms with Gasteiger partial charge in [0.1, 0.15) is 22.3 Å². The summed E-state index contributed by atoms with van der Waals surface area (Å²) in [5.41, 5.74) is -1.12. The van der Waals surface area contributed by atoms with E-state index in [1.54, 1.807) is 0 Å². The molecule has 1 aromatic carbocycles. The van der Waals surface area contributed by atoms with Crippen molar-refractivity contribution in [1.82, 2.24) is 19.9 Å². The van der Waals surface area contributed by atoms with E-state index < -0.39 is 29.1 Å². The molecule has 8 nitrogen and oxygen atoms in total. The molecule has 2 aromatic heterocycles. The number of ketones is 1. The third kappa shape index (κ3) is 7.04. The summed E-state index contributed by atoms with van der Waals surface area (Å²) in [6.07, 6.45) is 2.10. The van der Waals surface area contributed by atoms with Crippen molar-refractivity contribution >= 4 is 28.9 Å². The Kier molecular flexibility index (Phi) is 9.12. The Bertz CT molecular complexity index is 1490. The summed E-state index contributed by atoms with van der Waals surface area (Å²) in [6, 6.07) is 2.29. The number of carbonyl (C=O) groups is 2. The number of rotatable bonds is 8. The second kappa shape index (κ2) is 12.7. The lowest BCUT2D eigenvalue weighted by molar-refractivity contribution is -0.142. The molecular formula is C30H33F4N5O3S. The van der Waals surface area contributed by atoms with Gasteiger partial charge in [-0.2, -0.15) is 13.2 Å². The van der Waals surface area contributed by atoms with E-state index in [2.05, 4.69) is 26.8 Å². The van der Waals surface area contributed by atoms with Crippen LogP contribution in [0.1, 0.15) is 70.5 Å². The Balaban J connectivity index is 1.39. The number of aliphatic carboxylic acids is 1. The van der Waals surface area contributed by atoms with E-state index in [1.807, 2.05) is 4.90 Å². The van der Waals surface area contributed by atoms with Crippen LogP contribution in [0.3, 0.4) is 0 Å². The average Bonchev–Trinajstić information content (AvgIpc) is 3.37. The molecule has 2 fully saturated rings. The molecule has 2 aliphatic heterocycles. The number of aromatic nitrogens is 3. The summed E-state index contributed by atoms with van der Waals surface area (Å²) in [5.74, 6) is -1.95.